The topological polar surface area (TPSA) is 32.3 Å². The maximum absolute atomic E-state index is 9.27. The average molecular weight is 334 g/mol. The number of nitrogens with one attached hydrogen (secondary N) is 1. The highest BCUT2D eigenvalue weighted by Crippen LogP contribution is 2.23. The monoisotopic (exact) mass is 333 g/mol. The highest BCUT2D eigenvalue weighted by Gasteiger charge is 2.14. The molecule has 2 atom stereocenters. The lowest BCUT2D eigenvalue weighted by Crippen LogP contribution is -2.25. The van der Waals surface area contributed by atoms with Crippen LogP contribution in [0.3, 0.4) is 0 Å². The summed E-state index contributed by atoms with van der Waals surface area (Å²) in [4.78, 5) is 0. The minimum atomic E-state index is 0.167. The zero-order valence-corrected chi connectivity index (χ0v) is 13.2. The summed E-state index contributed by atoms with van der Waals surface area (Å²) in [5, 5.41) is 12.9. The number of benzene rings is 2. The second-order valence-corrected chi connectivity index (χ2v) is 5.83. The Morgan fingerprint density at radius 3 is 2.25 bits per heavy atom. The van der Waals surface area contributed by atoms with Crippen molar-refractivity contribution in [1.29, 1.82) is 0 Å². The van der Waals surface area contributed by atoms with E-state index in [1.807, 2.05) is 18.2 Å². The van der Waals surface area contributed by atoms with Crippen LogP contribution >= 0.6 is 15.9 Å². The molecule has 0 bridgehead atoms. The molecule has 0 aliphatic carbocycles. The quantitative estimate of drug-likeness (QED) is 0.829. The fourth-order valence-electron chi connectivity index (χ4n) is 2.31. The number of rotatable bonds is 6. The lowest BCUT2D eigenvalue weighted by Gasteiger charge is -2.23. The molecule has 20 heavy (non-hydrogen) atoms. The van der Waals surface area contributed by atoms with Gasteiger partial charge in [0.1, 0.15) is 0 Å². The van der Waals surface area contributed by atoms with E-state index in [0.717, 1.165) is 4.47 Å². The second-order valence-electron chi connectivity index (χ2n) is 4.92. The highest BCUT2D eigenvalue weighted by molar-refractivity contribution is 9.10. The number of hydrogen-bond donors (Lipinski definition) is 2. The summed E-state index contributed by atoms with van der Waals surface area (Å²) in [6, 6.07) is 19.0. The van der Waals surface area contributed by atoms with E-state index in [-0.39, 0.29) is 18.7 Å². The van der Waals surface area contributed by atoms with Crippen LogP contribution in [0.1, 0.15) is 36.6 Å². The fourth-order valence-corrected chi connectivity index (χ4v) is 2.57. The minimum absolute atomic E-state index is 0.167. The Balaban J connectivity index is 2.10. The zero-order valence-electron chi connectivity index (χ0n) is 11.6. The molecule has 0 radical (unpaired) electrons. The van der Waals surface area contributed by atoms with E-state index in [4.69, 9.17) is 0 Å². The van der Waals surface area contributed by atoms with Crippen molar-refractivity contribution in [3.8, 4) is 0 Å². The predicted octanol–water partition coefficient (Wildman–Crippen LogP) is 4.22. The van der Waals surface area contributed by atoms with Crippen LogP contribution in [0.5, 0.6) is 0 Å². The van der Waals surface area contributed by atoms with Crippen LogP contribution in [0.25, 0.3) is 0 Å². The van der Waals surface area contributed by atoms with Crippen LogP contribution in [0, 0.1) is 0 Å². The SMILES string of the molecule is CC(N[C@H](CCO)c1ccccc1)c1ccc(Br)cc1. The molecule has 0 saturated carbocycles. The summed E-state index contributed by atoms with van der Waals surface area (Å²) in [6.45, 7) is 2.33. The van der Waals surface area contributed by atoms with Crippen LogP contribution in [0.2, 0.25) is 0 Å². The van der Waals surface area contributed by atoms with Gasteiger partial charge in [-0.25, -0.2) is 0 Å². The first kappa shape index (κ1) is 15.2. The smallest absolute Gasteiger partial charge is 0.0449 e. The molecular weight excluding hydrogens is 314 g/mol. The molecule has 2 nitrogen and oxygen atoms in total. The third kappa shape index (κ3) is 4.17. The molecule has 106 valence electrons. The van der Waals surface area contributed by atoms with Gasteiger partial charge in [-0.2, -0.15) is 0 Å². The molecule has 3 heteroatoms. The molecule has 2 rings (SSSR count). The van der Waals surface area contributed by atoms with Gasteiger partial charge in [0.15, 0.2) is 0 Å². The van der Waals surface area contributed by atoms with Crippen molar-refractivity contribution >= 4 is 15.9 Å². The molecule has 2 N–H and O–H groups in total. The molecule has 0 aliphatic heterocycles. The number of hydrogen-bond acceptors (Lipinski definition) is 2. The van der Waals surface area contributed by atoms with Gasteiger partial charge in [0.25, 0.3) is 0 Å². The van der Waals surface area contributed by atoms with Gasteiger partial charge in [-0.3, -0.25) is 0 Å². The van der Waals surface area contributed by atoms with E-state index in [0.29, 0.717) is 6.42 Å². The van der Waals surface area contributed by atoms with E-state index in [9.17, 15) is 5.11 Å². The van der Waals surface area contributed by atoms with Crippen LogP contribution in [0.15, 0.2) is 59.1 Å². The van der Waals surface area contributed by atoms with E-state index in [1.165, 1.54) is 11.1 Å². The fraction of sp³-hybridized carbons (Fsp3) is 0.294. The first-order valence-electron chi connectivity index (χ1n) is 6.88. The Morgan fingerprint density at radius 2 is 1.65 bits per heavy atom. The van der Waals surface area contributed by atoms with Crippen molar-refractivity contribution < 1.29 is 5.11 Å². The summed E-state index contributed by atoms with van der Waals surface area (Å²) in [6.07, 6.45) is 0.713. The van der Waals surface area contributed by atoms with Gasteiger partial charge in [-0.15, -0.1) is 0 Å². The first-order valence-corrected chi connectivity index (χ1v) is 7.67. The van der Waals surface area contributed by atoms with E-state index in [1.54, 1.807) is 0 Å². The van der Waals surface area contributed by atoms with Crippen molar-refractivity contribution in [2.75, 3.05) is 6.61 Å². The molecule has 2 aromatic rings. The van der Waals surface area contributed by atoms with E-state index in [2.05, 4.69) is 64.6 Å². The minimum Gasteiger partial charge on any atom is -0.396 e. The second kappa shape index (κ2) is 7.58. The maximum atomic E-state index is 9.27. The predicted molar refractivity (Wildman–Crippen MR) is 86.6 cm³/mol. The lowest BCUT2D eigenvalue weighted by atomic mass is 10.0. The van der Waals surface area contributed by atoms with Gasteiger partial charge in [-0.05, 0) is 36.6 Å². The van der Waals surface area contributed by atoms with E-state index < -0.39 is 0 Å². The molecule has 0 amide bonds. The Hall–Kier alpha value is -1.16. The molecule has 0 aliphatic rings. The Labute approximate surface area is 129 Å². The van der Waals surface area contributed by atoms with Crippen LogP contribution in [-0.4, -0.2) is 11.7 Å². The van der Waals surface area contributed by atoms with Crippen molar-refractivity contribution in [3.63, 3.8) is 0 Å². The van der Waals surface area contributed by atoms with Crippen molar-refractivity contribution in [3.05, 3.63) is 70.2 Å². The molecule has 1 unspecified atom stereocenters. The van der Waals surface area contributed by atoms with Crippen molar-refractivity contribution in [2.24, 2.45) is 0 Å². The van der Waals surface area contributed by atoms with Gasteiger partial charge < -0.3 is 10.4 Å². The maximum Gasteiger partial charge on any atom is 0.0449 e. The van der Waals surface area contributed by atoms with Crippen molar-refractivity contribution in [1.82, 2.24) is 5.32 Å². The van der Waals surface area contributed by atoms with Crippen molar-refractivity contribution in [2.45, 2.75) is 25.4 Å². The van der Waals surface area contributed by atoms with Gasteiger partial charge >= 0.3 is 0 Å². The van der Waals surface area contributed by atoms with Gasteiger partial charge in [0.2, 0.25) is 0 Å². The van der Waals surface area contributed by atoms with Gasteiger partial charge in [0, 0.05) is 23.2 Å². The third-order valence-corrected chi connectivity index (χ3v) is 3.97. The molecule has 0 spiro atoms. The van der Waals surface area contributed by atoms with Crippen LogP contribution in [-0.2, 0) is 0 Å². The summed E-state index contributed by atoms with van der Waals surface area (Å²) in [5.74, 6) is 0. The molecular formula is C17H20BrNO. The number of halogens is 1. The number of aliphatic hydroxyl groups is 1. The Bertz CT molecular complexity index is 512. The summed E-state index contributed by atoms with van der Waals surface area (Å²) < 4.78 is 1.09. The van der Waals surface area contributed by atoms with Gasteiger partial charge in [0.05, 0.1) is 0 Å². The Kier molecular flexibility index (Phi) is 5.77. The normalized spacial score (nSPS) is 13.9. The standard InChI is InChI=1S/C17H20BrNO/c1-13(14-7-9-16(18)10-8-14)19-17(11-12-20)15-5-3-2-4-6-15/h2-10,13,17,19-20H,11-12H2,1H3/t13?,17-/m1/s1. The van der Waals surface area contributed by atoms with Gasteiger partial charge in [-0.1, -0.05) is 58.4 Å². The first-order chi connectivity index (χ1) is 9.70. The Morgan fingerprint density at radius 1 is 1.00 bits per heavy atom. The summed E-state index contributed by atoms with van der Waals surface area (Å²) in [7, 11) is 0. The van der Waals surface area contributed by atoms with Crippen LogP contribution in [0.4, 0.5) is 0 Å². The largest absolute Gasteiger partial charge is 0.396 e. The third-order valence-electron chi connectivity index (χ3n) is 3.44. The molecule has 2 aromatic carbocycles. The molecule has 0 saturated heterocycles. The zero-order chi connectivity index (χ0) is 14.4. The average Bonchev–Trinajstić information content (AvgIpc) is 2.48. The molecule has 0 aromatic heterocycles. The van der Waals surface area contributed by atoms with Crippen LogP contribution < -0.4 is 5.32 Å². The highest BCUT2D eigenvalue weighted by atomic mass is 79.9. The molecule has 0 heterocycles. The van der Waals surface area contributed by atoms with E-state index >= 15 is 0 Å². The molecule has 0 fully saturated rings. The summed E-state index contributed by atoms with van der Waals surface area (Å²) >= 11 is 3.45. The number of aliphatic hydroxyl groups excluding tert-OH is 1. The lowest BCUT2D eigenvalue weighted by molar-refractivity contribution is 0.260. The summed E-state index contributed by atoms with van der Waals surface area (Å²) in [5.41, 5.74) is 2.46.